The molecule has 0 amide bonds. The first-order valence-electron chi connectivity index (χ1n) is 5.76. The maximum Gasteiger partial charge on any atom is 0.0436 e. The minimum absolute atomic E-state index is 0.193. The van der Waals surface area contributed by atoms with Gasteiger partial charge in [0, 0.05) is 11.4 Å². The van der Waals surface area contributed by atoms with E-state index in [0.29, 0.717) is 0 Å². The molecule has 0 aliphatic carbocycles. The predicted molar refractivity (Wildman–Crippen MR) is 66.5 cm³/mol. The van der Waals surface area contributed by atoms with E-state index in [1.54, 1.807) is 0 Å². The Kier molecular flexibility index (Phi) is 3.22. The molecule has 1 nitrogen and oxygen atoms in total. The molecule has 1 aromatic rings. The van der Waals surface area contributed by atoms with Gasteiger partial charge in [0.2, 0.25) is 0 Å². The van der Waals surface area contributed by atoms with Crippen LogP contribution in [0, 0.1) is 20.8 Å². The second-order valence-corrected chi connectivity index (χ2v) is 5.37. The number of aryl methyl sites for hydroxylation is 2. The summed E-state index contributed by atoms with van der Waals surface area (Å²) in [4.78, 5) is 4.72. The smallest absolute Gasteiger partial charge is 0.0436 e. The van der Waals surface area contributed by atoms with Gasteiger partial charge in [0.05, 0.1) is 0 Å². The number of rotatable bonds is 1. The van der Waals surface area contributed by atoms with Crippen LogP contribution >= 0.6 is 0 Å². The molecule has 0 saturated carbocycles. The van der Waals surface area contributed by atoms with Gasteiger partial charge in [0.25, 0.3) is 0 Å². The first-order valence-corrected chi connectivity index (χ1v) is 5.76. The van der Waals surface area contributed by atoms with E-state index >= 15 is 0 Å². The van der Waals surface area contributed by atoms with E-state index in [4.69, 9.17) is 4.98 Å². The Morgan fingerprint density at radius 1 is 1.00 bits per heavy atom. The molecule has 1 aromatic heterocycles. The molecule has 0 spiro atoms. The second-order valence-electron chi connectivity index (χ2n) is 5.37. The summed E-state index contributed by atoms with van der Waals surface area (Å²) in [5, 5.41) is 0. The molecule has 0 bridgehead atoms. The lowest BCUT2D eigenvalue weighted by molar-refractivity contribution is 0.575. The van der Waals surface area contributed by atoms with Gasteiger partial charge in [-0.05, 0) is 49.3 Å². The molecule has 15 heavy (non-hydrogen) atoms. The predicted octanol–water partition coefficient (Wildman–Crippen LogP) is 3.87. The maximum absolute atomic E-state index is 4.72. The number of pyridine rings is 1. The van der Waals surface area contributed by atoms with Crippen LogP contribution < -0.4 is 0 Å². The molecule has 0 atom stereocenters. The summed E-state index contributed by atoms with van der Waals surface area (Å²) < 4.78 is 0. The highest BCUT2D eigenvalue weighted by Crippen LogP contribution is 2.30. The molecule has 1 heterocycles. The first kappa shape index (κ1) is 12.2. The van der Waals surface area contributed by atoms with Crippen molar-refractivity contribution < 1.29 is 0 Å². The Morgan fingerprint density at radius 2 is 1.53 bits per heavy atom. The third-order valence-electron chi connectivity index (χ3n) is 3.12. The summed E-state index contributed by atoms with van der Waals surface area (Å²) in [5.41, 5.74) is 6.84. The fraction of sp³-hybridized carbons (Fsp3) is 0.643. The van der Waals surface area contributed by atoms with Crippen molar-refractivity contribution >= 4 is 0 Å². The Bertz CT molecular complexity index is 370. The standard InChI is InChI=1S/C14H23N/c1-8-12-9(2)10(3)13(11(4)15-12)14(5,6)7/h8H2,1-7H3. The van der Waals surface area contributed by atoms with Crippen molar-refractivity contribution in [3.05, 3.63) is 28.1 Å². The van der Waals surface area contributed by atoms with Gasteiger partial charge >= 0.3 is 0 Å². The van der Waals surface area contributed by atoms with Crippen LogP contribution in [0.25, 0.3) is 0 Å². The monoisotopic (exact) mass is 205 g/mol. The molecule has 0 aliphatic rings. The van der Waals surface area contributed by atoms with Gasteiger partial charge in [-0.3, -0.25) is 4.98 Å². The van der Waals surface area contributed by atoms with E-state index in [1.165, 1.54) is 28.1 Å². The zero-order valence-electron chi connectivity index (χ0n) is 11.2. The normalized spacial score (nSPS) is 11.9. The number of aromatic nitrogens is 1. The fourth-order valence-electron chi connectivity index (χ4n) is 2.47. The van der Waals surface area contributed by atoms with Gasteiger partial charge in [0.15, 0.2) is 0 Å². The summed E-state index contributed by atoms with van der Waals surface area (Å²) in [6.45, 7) is 15.5. The highest BCUT2D eigenvalue weighted by molar-refractivity contribution is 5.42. The van der Waals surface area contributed by atoms with Crippen LogP contribution in [-0.2, 0) is 11.8 Å². The van der Waals surface area contributed by atoms with Gasteiger partial charge in [-0.2, -0.15) is 0 Å². The minimum atomic E-state index is 0.193. The van der Waals surface area contributed by atoms with Gasteiger partial charge in [-0.25, -0.2) is 0 Å². The van der Waals surface area contributed by atoms with E-state index in [9.17, 15) is 0 Å². The molecule has 0 unspecified atom stereocenters. The Balaban J connectivity index is 3.50. The lowest BCUT2D eigenvalue weighted by Gasteiger charge is -2.25. The summed E-state index contributed by atoms with van der Waals surface area (Å²) in [5.74, 6) is 0. The largest absolute Gasteiger partial charge is 0.258 e. The van der Waals surface area contributed by atoms with E-state index in [1.807, 2.05) is 0 Å². The third kappa shape index (κ3) is 2.22. The van der Waals surface area contributed by atoms with Crippen LogP contribution in [-0.4, -0.2) is 4.98 Å². The van der Waals surface area contributed by atoms with E-state index in [2.05, 4.69) is 48.5 Å². The summed E-state index contributed by atoms with van der Waals surface area (Å²) in [6.07, 6.45) is 1.03. The molecule has 84 valence electrons. The number of hydrogen-bond donors (Lipinski definition) is 0. The molecule has 0 aromatic carbocycles. The molecule has 0 aliphatic heterocycles. The van der Waals surface area contributed by atoms with Crippen molar-refractivity contribution in [1.29, 1.82) is 0 Å². The molecule has 0 fully saturated rings. The van der Waals surface area contributed by atoms with Crippen LogP contribution in [0.2, 0.25) is 0 Å². The van der Waals surface area contributed by atoms with Crippen molar-refractivity contribution in [2.45, 2.75) is 60.3 Å². The van der Waals surface area contributed by atoms with Gasteiger partial charge < -0.3 is 0 Å². The van der Waals surface area contributed by atoms with Crippen molar-refractivity contribution in [1.82, 2.24) is 4.98 Å². The molecular formula is C14H23N. The lowest BCUT2D eigenvalue weighted by atomic mass is 9.81. The van der Waals surface area contributed by atoms with Crippen molar-refractivity contribution in [3.8, 4) is 0 Å². The zero-order chi connectivity index (χ0) is 11.8. The number of nitrogens with zero attached hydrogens (tertiary/aromatic N) is 1. The molecule has 1 heteroatoms. The molecule has 0 saturated heterocycles. The molecular weight excluding hydrogens is 182 g/mol. The Morgan fingerprint density at radius 3 is 1.93 bits per heavy atom. The van der Waals surface area contributed by atoms with Gasteiger partial charge in [-0.15, -0.1) is 0 Å². The highest BCUT2D eigenvalue weighted by atomic mass is 14.7. The molecule has 0 radical (unpaired) electrons. The van der Waals surface area contributed by atoms with Crippen LogP contribution in [0.4, 0.5) is 0 Å². The van der Waals surface area contributed by atoms with Crippen molar-refractivity contribution in [2.75, 3.05) is 0 Å². The second kappa shape index (κ2) is 3.96. The van der Waals surface area contributed by atoms with E-state index < -0.39 is 0 Å². The third-order valence-corrected chi connectivity index (χ3v) is 3.12. The summed E-state index contributed by atoms with van der Waals surface area (Å²) in [6, 6.07) is 0. The Hall–Kier alpha value is -0.850. The van der Waals surface area contributed by atoms with Crippen LogP contribution in [0.15, 0.2) is 0 Å². The topological polar surface area (TPSA) is 12.9 Å². The van der Waals surface area contributed by atoms with Gasteiger partial charge in [-0.1, -0.05) is 27.7 Å². The minimum Gasteiger partial charge on any atom is -0.258 e. The van der Waals surface area contributed by atoms with Crippen molar-refractivity contribution in [2.24, 2.45) is 0 Å². The average Bonchev–Trinajstić information content (AvgIpc) is 2.09. The van der Waals surface area contributed by atoms with Crippen LogP contribution in [0.5, 0.6) is 0 Å². The van der Waals surface area contributed by atoms with E-state index in [-0.39, 0.29) is 5.41 Å². The summed E-state index contributed by atoms with van der Waals surface area (Å²) >= 11 is 0. The van der Waals surface area contributed by atoms with Crippen LogP contribution in [0.1, 0.15) is 55.8 Å². The molecule has 0 N–H and O–H groups in total. The SMILES string of the molecule is CCc1nc(C)c(C(C)(C)C)c(C)c1C. The zero-order valence-corrected chi connectivity index (χ0v) is 11.2. The Labute approximate surface area is 93.9 Å². The fourth-order valence-corrected chi connectivity index (χ4v) is 2.47. The average molecular weight is 205 g/mol. The summed E-state index contributed by atoms with van der Waals surface area (Å²) in [7, 11) is 0. The van der Waals surface area contributed by atoms with E-state index in [0.717, 1.165) is 6.42 Å². The number of hydrogen-bond acceptors (Lipinski definition) is 1. The highest BCUT2D eigenvalue weighted by Gasteiger charge is 2.21. The van der Waals surface area contributed by atoms with Gasteiger partial charge in [0.1, 0.15) is 0 Å². The maximum atomic E-state index is 4.72. The molecule has 1 rings (SSSR count). The van der Waals surface area contributed by atoms with Crippen LogP contribution in [0.3, 0.4) is 0 Å². The van der Waals surface area contributed by atoms with Crippen molar-refractivity contribution in [3.63, 3.8) is 0 Å². The lowest BCUT2D eigenvalue weighted by Crippen LogP contribution is -2.18. The first-order chi connectivity index (χ1) is 6.79. The quantitative estimate of drug-likeness (QED) is 0.678.